The fourth-order valence-electron chi connectivity index (χ4n) is 1.59. The maximum atomic E-state index is 6.20. The summed E-state index contributed by atoms with van der Waals surface area (Å²) in [6, 6.07) is 3.57. The van der Waals surface area contributed by atoms with Gasteiger partial charge in [-0.25, -0.2) is 0 Å². The Hall–Kier alpha value is -0.550. The van der Waals surface area contributed by atoms with Crippen LogP contribution in [-0.4, -0.2) is 10.2 Å². The summed E-state index contributed by atoms with van der Waals surface area (Å²) in [7, 11) is 0. The molecule has 2 aromatic rings. The van der Waals surface area contributed by atoms with Crippen LogP contribution in [0.25, 0.3) is 0 Å². The van der Waals surface area contributed by atoms with Gasteiger partial charge in [-0.1, -0.05) is 59.1 Å². The average Bonchev–Trinajstić information content (AvgIpc) is 2.83. The molecule has 0 bridgehead atoms. The third-order valence-corrected chi connectivity index (χ3v) is 4.95. The van der Waals surface area contributed by atoms with Gasteiger partial charge >= 0.3 is 0 Å². The van der Waals surface area contributed by atoms with Crippen molar-refractivity contribution in [2.75, 3.05) is 5.32 Å². The van der Waals surface area contributed by atoms with Gasteiger partial charge in [-0.05, 0) is 25.0 Å². The molecule has 1 atom stereocenters. The molecule has 0 aliphatic carbocycles. The monoisotopic (exact) mass is 335 g/mol. The lowest BCUT2D eigenvalue weighted by atomic mass is 10.1. The first-order valence-corrected chi connectivity index (χ1v) is 7.70. The summed E-state index contributed by atoms with van der Waals surface area (Å²) in [4.78, 5) is 0. The van der Waals surface area contributed by atoms with Gasteiger partial charge in [0.05, 0.1) is 21.1 Å². The lowest BCUT2D eigenvalue weighted by Crippen LogP contribution is -2.07. The van der Waals surface area contributed by atoms with Crippen LogP contribution in [0, 0.1) is 0 Å². The van der Waals surface area contributed by atoms with Crippen molar-refractivity contribution in [3.8, 4) is 0 Å². The van der Waals surface area contributed by atoms with E-state index in [2.05, 4.69) is 15.5 Å². The second-order valence-corrected chi connectivity index (χ2v) is 6.21. The van der Waals surface area contributed by atoms with Crippen molar-refractivity contribution in [3.05, 3.63) is 37.8 Å². The molecule has 0 aliphatic heterocycles. The molecule has 0 radical (unpaired) electrons. The molecule has 0 fully saturated rings. The fourth-order valence-corrected chi connectivity index (χ4v) is 3.07. The Morgan fingerprint density at radius 1 is 1.21 bits per heavy atom. The van der Waals surface area contributed by atoms with Gasteiger partial charge in [-0.3, -0.25) is 0 Å². The van der Waals surface area contributed by atoms with Gasteiger partial charge < -0.3 is 5.32 Å². The van der Waals surface area contributed by atoms with Gasteiger partial charge in [-0.15, -0.1) is 10.2 Å². The van der Waals surface area contributed by atoms with Crippen LogP contribution in [0.2, 0.25) is 15.1 Å². The molecular formula is C12H12Cl3N3S. The lowest BCUT2D eigenvalue weighted by Gasteiger charge is -2.15. The van der Waals surface area contributed by atoms with E-state index in [0.29, 0.717) is 15.1 Å². The molecule has 3 nitrogen and oxygen atoms in total. The summed E-state index contributed by atoms with van der Waals surface area (Å²) >= 11 is 19.7. The van der Waals surface area contributed by atoms with Crippen LogP contribution < -0.4 is 5.32 Å². The zero-order valence-electron chi connectivity index (χ0n) is 10.4. The van der Waals surface area contributed by atoms with Crippen molar-refractivity contribution in [1.82, 2.24) is 10.2 Å². The topological polar surface area (TPSA) is 37.8 Å². The third kappa shape index (κ3) is 3.31. The van der Waals surface area contributed by atoms with Gasteiger partial charge in [0, 0.05) is 0 Å². The summed E-state index contributed by atoms with van der Waals surface area (Å²) in [5, 5.41) is 14.5. The van der Waals surface area contributed by atoms with Crippen LogP contribution in [0.4, 0.5) is 5.13 Å². The summed E-state index contributed by atoms with van der Waals surface area (Å²) in [5.41, 5.74) is 0.879. The van der Waals surface area contributed by atoms with Crippen molar-refractivity contribution in [2.45, 2.75) is 26.3 Å². The second-order valence-electron chi connectivity index (χ2n) is 3.99. The Bertz CT molecular complexity index is 586. The predicted octanol–water partition coefficient (Wildman–Crippen LogP) is 5.23. The highest BCUT2D eigenvalue weighted by Crippen LogP contribution is 2.36. The molecule has 0 amide bonds. The number of aryl methyl sites for hydroxylation is 1. The largest absolute Gasteiger partial charge is 0.354 e. The van der Waals surface area contributed by atoms with Crippen molar-refractivity contribution in [2.24, 2.45) is 0 Å². The van der Waals surface area contributed by atoms with Crippen LogP contribution >= 0.6 is 46.1 Å². The number of rotatable bonds is 4. The second kappa shape index (κ2) is 6.27. The van der Waals surface area contributed by atoms with Crippen LogP contribution in [0.3, 0.4) is 0 Å². The number of hydrogen-bond acceptors (Lipinski definition) is 4. The van der Waals surface area contributed by atoms with E-state index in [4.69, 9.17) is 34.8 Å². The van der Waals surface area contributed by atoms with Crippen LogP contribution in [0.1, 0.15) is 30.5 Å². The molecule has 1 heterocycles. The van der Waals surface area contributed by atoms with Gasteiger partial charge in [0.1, 0.15) is 5.01 Å². The molecule has 0 spiro atoms. The highest BCUT2D eigenvalue weighted by molar-refractivity contribution is 7.15. The highest BCUT2D eigenvalue weighted by atomic mass is 35.5. The van der Waals surface area contributed by atoms with Gasteiger partial charge in [0.15, 0.2) is 0 Å². The number of benzene rings is 1. The molecule has 1 aromatic heterocycles. The fraction of sp³-hybridized carbons (Fsp3) is 0.333. The number of halogens is 3. The quantitative estimate of drug-likeness (QED) is 0.776. The zero-order valence-corrected chi connectivity index (χ0v) is 13.5. The van der Waals surface area contributed by atoms with E-state index >= 15 is 0 Å². The van der Waals surface area contributed by atoms with Crippen molar-refractivity contribution < 1.29 is 0 Å². The van der Waals surface area contributed by atoms with Gasteiger partial charge in [-0.2, -0.15) is 0 Å². The van der Waals surface area contributed by atoms with E-state index in [0.717, 1.165) is 22.1 Å². The van der Waals surface area contributed by atoms with Crippen molar-refractivity contribution in [1.29, 1.82) is 0 Å². The lowest BCUT2D eigenvalue weighted by molar-refractivity contribution is 0.870. The maximum absolute atomic E-state index is 6.20. The summed E-state index contributed by atoms with van der Waals surface area (Å²) < 4.78 is 0. The summed E-state index contributed by atoms with van der Waals surface area (Å²) in [5.74, 6) is 0. The summed E-state index contributed by atoms with van der Waals surface area (Å²) in [6.45, 7) is 4.03. The Morgan fingerprint density at radius 2 is 1.95 bits per heavy atom. The van der Waals surface area contributed by atoms with E-state index < -0.39 is 0 Å². The number of hydrogen-bond donors (Lipinski definition) is 1. The first kappa shape index (κ1) is 14.9. The number of anilines is 1. The molecule has 7 heteroatoms. The molecule has 0 saturated carbocycles. The Kier molecular flexibility index (Phi) is 4.90. The van der Waals surface area contributed by atoms with Gasteiger partial charge in [0.2, 0.25) is 5.13 Å². The van der Waals surface area contributed by atoms with E-state index in [-0.39, 0.29) is 6.04 Å². The molecule has 1 aromatic carbocycles. The van der Waals surface area contributed by atoms with E-state index in [1.54, 1.807) is 6.07 Å². The predicted molar refractivity (Wildman–Crippen MR) is 82.8 cm³/mol. The Labute approximate surface area is 130 Å². The zero-order chi connectivity index (χ0) is 14.0. The Morgan fingerprint density at radius 3 is 2.58 bits per heavy atom. The molecule has 102 valence electrons. The van der Waals surface area contributed by atoms with Crippen LogP contribution in [0.15, 0.2) is 12.1 Å². The molecule has 19 heavy (non-hydrogen) atoms. The van der Waals surface area contributed by atoms with Crippen molar-refractivity contribution >= 4 is 51.3 Å². The van der Waals surface area contributed by atoms with Crippen molar-refractivity contribution in [3.63, 3.8) is 0 Å². The van der Waals surface area contributed by atoms with Crippen LogP contribution in [-0.2, 0) is 6.42 Å². The normalized spacial score (nSPS) is 12.5. The van der Waals surface area contributed by atoms with Gasteiger partial charge in [0.25, 0.3) is 0 Å². The smallest absolute Gasteiger partial charge is 0.206 e. The average molecular weight is 337 g/mol. The molecular weight excluding hydrogens is 325 g/mol. The molecule has 2 rings (SSSR count). The molecule has 1 N–H and O–H groups in total. The first-order valence-electron chi connectivity index (χ1n) is 5.75. The number of nitrogens with zero attached hydrogens (tertiary/aromatic N) is 2. The molecule has 0 aliphatic rings. The first-order chi connectivity index (χ1) is 9.02. The minimum Gasteiger partial charge on any atom is -0.354 e. The van der Waals surface area contributed by atoms with E-state index in [1.165, 1.54) is 11.3 Å². The minimum absolute atomic E-state index is 0.0278. The SMILES string of the molecule is CCc1nnc(NC(C)c2ccc(Cl)c(Cl)c2Cl)s1. The number of aromatic nitrogens is 2. The summed E-state index contributed by atoms with van der Waals surface area (Å²) in [6.07, 6.45) is 0.876. The number of nitrogens with one attached hydrogen (secondary N) is 1. The highest BCUT2D eigenvalue weighted by Gasteiger charge is 2.15. The Balaban J connectivity index is 2.20. The van der Waals surface area contributed by atoms with E-state index in [9.17, 15) is 0 Å². The minimum atomic E-state index is -0.0278. The standard InChI is InChI=1S/C12H12Cl3N3S/c1-3-9-17-18-12(19-9)16-6(2)7-4-5-8(13)11(15)10(7)14/h4-6H,3H2,1-2H3,(H,16,18). The maximum Gasteiger partial charge on any atom is 0.206 e. The van der Waals surface area contributed by atoms with E-state index in [1.807, 2.05) is 19.9 Å². The van der Waals surface area contributed by atoms with Crippen LogP contribution in [0.5, 0.6) is 0 Å². The molecule has 1 unspecified atom stereocenters. The third-order valence-electron chi connectivity index (χ3n) is 2.64. The molecule has 0 saturated heterocycles.